The molecular weight excluding hydrogens is 190 g/mol. The van der Waals surface area contributed by atoms with Gasteiger partial charge in [0.1, 0.15) is 13.7 Å². The van der Waals surface area contributed by atoms with Crippen molar-refractivity contribution < 1.29 is 9.13 Å². The Balaban J connectivity index is 4.94. The lowest BCUT2D eigenvalue weighted by atomic mass is 11.0. The molecule has 0 aliphatic heterocycles. The lowest BCUT2D eigenvalue weighted by Gasteiger charge is -2.24. The van der Waals surface area contributed by atoms with Gasteiger partial charge in [0.2, 0.25) is 0 Å². The van der Waals surface area contributed by atoms with E-state index in [1.807, 2.05) is 27.7 Å². The first-order chi connectivity index (χ1) is 5.49. The van der Waals surface area contributed by atoms with E-state index in [-0.39, 0.29) is 0 Å². The topological polar surface area (TPSA) is 34.1 Å². The average Bonchev–Trinajstić information content (AvgIpc) is 2.15. The molecule has 74 valence electrons. The predicted octanol–water partition coefficient (Wildman–Crippen LogP) is 3.71. The van der Waals surface area contributed by atoms with Gasteiger partial charge in [-0.2, -0.15) is 0 Å². The highest BCUT2D eigenvalue weighted by atomic mass is 32.1. The second kappa shape index (κ2) is 4.63. The first kappa shape index (κ1) is 12.5. The number of hydrogen-bond acceptors (Lipinski definition) is 2. The maximum Gasteiger partial charge on any atom is 0.142 e. The maximum atomic E-state index is 12.2. The van der Waals surface area contributed by atoms with Crippen LogP contribution in [-0.2, 0) is 9.13 Å². The van der Waals surface area contributed by atoms with Crippen molar-refractivity contribution in [3.8, 4) is 0 Å². The monoisotopic (exact) mass is 210 g/mol. The van der Waals surface area contributed by atoms with Crippen LogP contribution in [0, 0.1) is 0 Å². The summed E-state index contributed by atoms with van der Waals surface area (Å²) in [6.07, 6.45) is 2.40. The molecule has 0 unspecified atom stereocenters. The molecule has 0 aromatic rings. The van der Waals surface area contributed by atoms with Crippen LogP contribution in [-0.4, -0.2) is 24.6 Å². The SMILES string of the molecule is CCP(=O)(CC)P(=O)(CC)CC. The summed E-state index contributed by atoms with van der Waals surface area (Å²) in [5, 5.41) is 0. The lowest BCUT2D eigenvalue weighted by Crippen LogP contribution is -1.96. The van der Waals surface area contributed by atoms with Crippen molar-refractivity contribution >= 4 is 13.7 Å². The zero-order valence-electron chi connectivity index (χ0n) is 8.54. The summed E-state index contributed by atoms with van der Waals surface area (Å²) >= 11 is 0. The first-order valence-electron chi connectivity index (χ1n) is 4.66. The van der Waals surface area contributed by atoms with E-state index in [1.165, 1.54) is 0 Å². The Hall–Kier alpha value is 0.460. The Morgan fingerprint density at radius 1 is 0.667 bits per heavy atom. The summed E-state index contributed by atoms with van der Waals surface area (Å²) in [6.45, 7) is 2.87. The van der Waals surface area contributed by atoms with Crippen LogP contribution in [0.3, 0.4) is 0 Å². The molecule has 4 heteroatoms. The average molecular weight is 210 g/mol. The van der Waals surface area contributed by atoms with Crippen LogP contribution < -0.4 is 0 Å². The molecule has 0 aliphatic rings. The molecule has 0 N–H and O–H groups in total. The van der Waals surface area contributed by atoms with Crippen LogP contribution >= 0.6 is 13.7 Å². The van der Waals surface area contributed by atoms with E-state index in [9.17, 15) is 9.13 Å². The van der Waals surface area contributed by atoms with Crippen molar-refractivity contribution in [2.24, 2.45) is 0 Å². The van der Waals surface area contributed by atoms with Crippen LogP contribution in [0.4, 0.5) is 0 Å². The van der Waals surface area contributed by atoms with E-state index in [1.54, 1.807) is 0 Å². The molecule has 0 rings (SSSR count). The van der Waals surface area contributed by atoms with Crippen molar-refractivity contribution in [2.45, 2.75) is 27.7 Å². The first-order valence-corrected chi connectivity index (χ1v) is 9.52. The van der Waals surface area contributed by atoms with Crippen LogP contribution in [0.25, 0.3) is 0 Å². The second-order valence-corrected chi connectivity index (χ2v) is 13.2. The quantitative estimate of drug-likeness (QED) is 0.648. The van der Waals surface area contributed by atoms with E-state index in [0.29, 0.717) is 24.6 Å². The fourth-order valence-electron chi connectivity index (χ4n) is 1.48. The third-order valence-electron chi connectivity index (χ3n) is 2.64. The molecule has 2 nitrogen and oxygen atoms in total. The predicted molar refractivity (Wildman–Crippen MR) is 57.4 cm³/mol. The zero-order chi connectivity index (χ0) is 9.83. The molecule has 0 amide bonds. The summed E-state index contributed by atoms with van der Waals surface area (Å²) in [4.78, 5) is 0. The smallest absolute Gasteiger partial charge is 0.142 e. The number of hydrogen-bond donors (Lipinski definition) is 0. The minimum atomic E-state index is -2.35. The van der Waals surface area contributed by atoms with Crippen molar-refractivity contribution in [1.29, 1.82) is 0 Å². The molecule has 0 saturated carbocycles. The molecule has 12 heavy (non-hydrogen) atoms. The minimum absolute atomic E-state index is 0.600. The highest BCUT2D eigenvalue weighted by molar-refractivity contribution is 8.36. The Kier molecular flexibility index (Phi) is 4.81. The van der Waals surface area contributed by atoms with Gasteiger partial charge in [0.15, 0.2) is 0 Å². The van der Waals surface area contributed by atoms with Crippen LogP contribution in [0.15, 0.2) is 0 Å². The van der Waals surface area contributed by atoms with Crippen LogP contribution in [0.1, 0.15) is 27.7 Å². The van der Waals surface area contributed by atoms with Gasteiger partial charge in [-0.1, -0.05) is 27.7 Å². The third kappa shape index (κ3) is 2.03. The van der Waals surface area contributed by atoms with Gasteiger partial charge in [0, 0.05) is 24.6 Å². The summed E-state index contributed by atoms with van der Waals surface area (Å²) < 4.78 is 24.3. The van der Waals surface area contributed by atoms with E-state index in [0.717, 1.165) is 0 Å². The van der Waals surface area contributed by atoms with Gasteiger partial charge < -0.3 is 9.13 Å². The van der Waals surface area contributed by atoms with Gasteiger partial charge in [0.05, 0.1) is 0 Å². The molecule has 0 aromatic heterocycles. The Bertz CT molecular complexity index is 183. The fraction of sp³-hybridized carbons (Fsp3) is 1.00. The Labute approximate surface area is 75.8 Å². The Morgan fingerprint density at radius 2 is 0.833 bits per heavy atom. The molecule has 0 aromatic carbocycles. The van der Waals surface area contributed by atoms with Crippen molar-refractivity contribution in [1.82, 2.24) is 0 Å². The van der Waals surface area contributed by atoms with Crippen molar-refractivity contribution in [2.75, 3.05) is 24.6 Å². The van der Waals surface area contributed by atoms with Crippen LogP contribution in [0.2, 0.25) is 0 Å². The minimum Gasteiger partial charge on any atom is -0.316 e. The van der Waals surface area contributed by atoms with Gasteiger partial charge in [-0.25, -0.2) is 0 Å². The second-order valence-electron chi connectivity index (χ2n) is 2.96. The molecule has 0 atom stereocenters. The maximum absolute atomic E-state index is 12.2. The van der Waals surface area contributed by atoms with Crippen molar-refractivity contribution in [3.05, 3.63) is 0 Å². The molecule has 0 spiro atoms. The standard InChI is InChI=1S/C8H20O2P2/c1-5-11(9,6-2)12(10,7-3)8-4/h5-8H2,1-4H3. The van der Waals surface area contributed by atoms with Gasteiger partial charge in [-0.15, -0.1) is 0 Å². The van der Waals surface area contributed by atoms with Crippen molar-refractivity contribution in [3.63, 3.8) is 0 Å². The van der Waals surface area contributed by atoms with E-state index in [2.05, 4.69) is 0 Å². The summed E-state index contributed by atoms with van der Waals surface area (Å²) in [5.41, 5.74) is 0. The zero-order valence-corrected chi connectivity index (χ0v) is 10.3. The highest BCUT2D eigenvalue weighted by Crippen LogP contribution is 2.80. The van der Waals surface area contributed by atoms with Gasteiger partial charge in [-0.3, -0.25) is 0 Å². The van der Waals surface area contributed by atoms with Crippen LogP contribution in [0.5, 0.6) is 0 Å². The van der Waals surface area contributed by atoms with Gasteiger partial charge in [-0.05, 0) is 0 Å². The molecule has 0 aliphatic carbocycles. The molecule has 0 bridgehead atoms. The molecule has 0 fully saturated rings. The third-order valence-corrected chi connectivity index (χ3v) is 15.3. The summed E-state index contributed by atoms with van der Waals surface area (Å²) in [5.74, 6) is 0. The Morgan fingerprint density at radius 3 is 0.917 bits per heavy atom. The molecular formula is C8H20O2P2. The largest absolute Gasteiger partial charge is 0.316 e. The molecule has 0 heterocycles. The summed E-state index contributed by atoms with van der Waals surface area (Å²) in [7, 11) is 0. The normalized spacial score (nSPS) is 13.3. The van der Waals surface area contributed by atoms with E-state index >= 15 is 0 Å². The lowest BCUT2D eigenvalue weighted by molar-refractivity contribution is 0.566. The van der Waals surface area contributed by atoms with E-state index in [4.69, 9.17) is 0 Å². The van der Waals surface area contributed by atoms with Gasteiger partial charge >= 0.3 is 0 Å². The van der Waals surface area contributed by atoms with Gasteiger partial charge in [0.25, 0.3) is 0 Å². The number of rotatable bonds is 5. The fourth-order valence-corrected chi connectivity index (χ4v) is 10.6. The highest BCUT2D eigenvalue weighted by Gasteiger charge is 2.36. The van der Waals surface area contributed by atoms with E-state index < -0.39 is 13.7 Å². The molecule has 0 radical (unpaired) electrons. The molecule has 0 saturated heterocycles. The summed E-state index contributed by atoms with van der Waals surface area (Å²) in [6, 6.07) is 0.